The second-order valence-corrected chi connectivity index (χ2v) is 5.90. The molecular weight excluding hydrogens is 306 g/mol. The van der Waals surface area contributed by atoms with Crippen LogP contribution in [0.1, 0.15) is 19.9 Å². The summed E-state index contributed by atoms with van der Waals surface area (Å²) in [4.78, 5) is 31.8. The average Bonchev–Trinajstić information content (AvgIpc) is 3.11. The van der Waals surface area contributed by atoms with Gasteiger partial charge >= 0.3 is 0 Å². The molecule has 126 valence electrons. The maximum atomic E-state index is 12.8. The first kappa shape index (κ1) is 16.2. The molecule has 1 saturated heterocycles. The SMILES string of the molecule is CC(=O)N1CCN(C(=O)C(C)n2nccc2-c2ccncc2)CC1. The highest BCUT2D eigenvalue weighted by atomic mass is 16.2. The van der Waals surface area contributed by atoms with Gasteiger partial charge in [-0.3, -0.25) is 19.3 Å². The summed E-state index contributed by atoms with van der Waals surface area (Å²) in [5, 5.41) is 4.34. The monoisotopic (exact) mass is 327 g/mol. The minimum absolute atomic E-state index is 0.0252. The van der Waals surface area contributed by atoms with Crippen LogP contribution in [0.5, 0.6) is 0 Å². The fourth-order valence-electron chi connectivity index (χ4n) is 2.98. The zero-order valence-corrected chi connectivity index (χ0v) is 13.9. The van der Waals surface area contributed by atoms with E-state index in [0.29, 0.717) is 26.2 Å². The number of hydrogen-bond acceptors (Lipinski definition) is 4. The van der Waals surface area contributed by atoms with Gasteiger partial charge in [0.15, 0.2) is 0 Å². The molecule has 2 aromatic heterocycles. The summed E-state index contributed by atoms with van der Waals surface area (Å²) in [6, 6.07) is 5.30. The molecule has 0 bridgehead atoms. The van der Waals surface area contributed by atoms with Crippen molar-refractivity contribution in [1.29, 1.82) is 0 Å². The van der Waals surface area contributed by atoms with Crippen LogP contribution in [0, 0.1) is 0 Å². The standard InChI is InChI=1S/C17H21N5O2/c1-13(17(24)21-11-9-20(10-12-21)14(2)23)22-16(5-8-19-22)15-3-6-18-7-4-15/h3-8,13H,9-12H2,1-2H3. The van der Waals surface area contributed by atoms with E-state index in [1.807, 2.05) is 30.0 Å². The minimum Gasteiger partial charge on any atom is -0.339 e. The van der Waals surface area contributed by atoms with Crippen LogP contribution < -0.4 is 0 Å². The van der Waals surface area contributed by atoms with E-state index in [9.17, 15) is 9.59 Å². The minimum atomic E-state index is -0.396. The van der Waals surface area contributed by atoms with Crippen LogP contribution in [-0.2, 0) is 9.59 Å². The van der Waals surface area contributed by atoms with E-state index >= 15 is 0 Å². The fraction of sp³-hybridized carbons (Fsp3) is 0.412. The Labute approximate surface area is 140 Å². The Balaban J connectivity index is 1.74. The molecule has 1 atom stereocenters. The number of hydrogen-bond donors (Lipinski definition) is 0. The first-order valence-electron chi connectivity index (χ1n) is 8.06. The van der Waals surface area contributed by atoms with Crippen molar-refractivity contribution >= 4 is 11.8 Å². The second kappa shape index (κ2) is 6.82. The molecule has 1 aliphatic rings. The van der Waals surface area contributed by atoms with E-state index in [1.165, 1.54) is 0 Å². The molecule has 2 amide bonds. The lowest BCUT2D eigenvalue weighted by Crippen LogP contribution is -2.51. The number of pyridine rings is 1. The molecule has 3 rings (SSSR count). The van der Waals surface area contributed by atoms with Crippen molar-refractivity contribution in [2.75, 3.05) is 26.2 Å². The van der Waals surface area contributed by atoms with Crippen LogP contribution in [0.15, 0.2) is 36.8 Å². The highest BCUT2D eigenvalue weighted by Gasteiger charge is 2.28. The van der Waals surface area contributed by atoms with Crippen molar-refractivity contribution in [1.82, 2.24) is 24.6 Å². The highest BCUT2D eigenvalue weighted by molar-refractivity contribution is 5.81. The Bertz CT molecular complexity index is 720. The third kappa shape index (κ3) is 3.15. The van der Waals surface area contributed by atoms with E-state index in [0.717, 1.165) is 11.3 Å². The summed E-state index contributed by atoms with van der Waals surface area (Å²) >= 11 is 0. The van der Waals surface area contributed by atoms with Gasteiger partial charge in [-0.15, -0.1) is 0 Å². The van der Waals surface area contributed by atoms with Crippen molar-refractivity contribution in [2.24, 2.45) is 0 Å². The predicted octanol–water partition coefficient (Wildman–Crippen LogP) is 1.20. The van der Waals surface area contributed by atoms with Crippen molar-refractivity contribution in [3.63, 3.8) is 0 Å². The summed E-state index contributed by atoms with van der Waals surface area (Å²) in [7, 11) is 0. The summed E-state index contributed by atoms with van der Waals surface area (Å²) < 4.78 is 1.75. The average molecular weight is 327 g/mol. The van der Waals surface area contributed by atoms with Gasteiger partial charge < -0.3 is 9.80 Å². The Morgan fingerprint density at radius 2 is 1.62 bits per heavy atom. The summed E-state index contributed by atoms with van der Waals surface area (Å²) in [5.74, 6) is 0.0828. The van der Waals surface area contributed by atoms with E-state index in [1.54, 1.807) is 35.1 Å². The largest absolute Gasteiger partial charge is 0.339 e. The van der Waals surface area contributed by atoms with Gasteiger partial charge in [-0.25, -0.2) is 0 Å². The smallest absolute Gasteiger partial charge is 0.247 e. The normalized spacial score (nSPS) is 16.1. The maximum absolute atomic E-state index is 12.8. The van der Waals surface area contributed by atoms with Gasteiger partial charge in [-0.05, 0) is 25.1 Å². The van der Waals surface area contributed by atoms with Crippen molar-refractivity contribution < 1.29 is 9.59 Å². The number of piperazine rings is 1. The number of aromatic nitrogens is 3. The molecule has 0 N–H and O–H groups in total. The molecule has 7 nitrogen and oxygen atoms in total. The molecule has 0 aliphatic carbocycles. The van der Waals surface area contributed by atoms with Crippen molar-refractivity contribution in [3.05, 3.63) is 36.8 Å². The van der Waals surface area contributed by atoms with Crippen LogP contribution >= 0.6 is 0 Å². The molecule has 7 heteroatoms. The topological polar surface area (TPSA) is 71.3 Å². The zero-order chi connectivity index (χ0) is 17.1. The van der Waals surface area contributed by atoms with E-state index in [-0.39, 0.29) is 11.8 Å². The number of rotatable bonds is 3. The van der Waals surface area contributed by atoms with Crippen molar-refractivity contribution in [3.8, 4) is 11.3 Å². The van der Waals surface area contributed by atoms with Gasteiger partial charge in [-0.2, -0.15) is 5.10 Å². The van der Waals surface area contributed by atoms with Crippen LogP contribution in [0.3, 0.4) is 0 Å². The maximum Gasteiger partial charge on any atom is 0.247 e. The van der Waals surface area contributed by atoms with Crippen LogP contribution in [-0.4, -0.2) is 62.6 Å². The number of carbonyl (C=O) groups is 2. The molecule has 0 aromatic carbocycles. The number of amides is 2. The Hall–Kier alpha value is -2.70. The molecule has 0 saturated carbocycles. The van der Waals surface area contributed by atoms with E-state index < -0.39 is 6.04 Å². The van der Waals surface area contributed by atoms with E-state index in [2.05, 4.69) is 10.1 Å². The first-order valence-corrected chi connectivity index (χ1v) is 8.06. The third-order valence-electron chi connectivity index (χ3n) is 4.41. The van der Waals surface area contributed by atoms with Gasteiger partial charge in [0.2, 0.25) is 11.8 Å². The predicted molar refractivity (Wildman–Crippen MR) is 89.0 cm³/mol. The third-order valence-corrected chi connectivity index (χ3v) is 4.41. The van der Waals surface area contributed by atoms with Gasteiger partial charge in [0.05, 0.1) is 5.69 Å². The molecule has 1 aliphatic heterocycles. The molecule has 2 aromatic rings. The van der Waals surface area contributed by atoms with E-state index in [4.69, 9.17) is 0 Å². The molecule has 3 heterocycles. The van der Waals surface area contributed by atoms with Crippen LogP contribution in [0.2, 0.25) is 0 Å². The lowest BCUT2D eigenvalue weighted by Gasteiger charge is -2.35. The van der Waals surface area contributed by atoms with Gasteiger partial charge in [-0.1, -0.05) is 0 Å². The van der Waals surface area contributed by atoms with Gasteiger partial charge in [0.25, 0.3) is 0 Å². The summed E-state index contributed by atoms with van der Waals surface area (Å²) in [6.45, 7) is 5.72. The van der Waals surface area contributed by atoms with Crippen LogP contribution in [0.4, 0.5) is 0 Å². The zero-order valence-electron chi connectivity index (χ0n) is 13.9. The molecule has 24 heavy (non-hydrogen) atoms. The number of nitrogens with zero attached hydrogens (tertiary/aromatic N) is 5. The summed E-state index contributed by atoms with van der Waals surface area (Å²) in [5.41, 5.74) is 1.86. The molecule has 0 radical (unpaired) electrons. The number of carbonyl (C=O) groups excluding carboxylic acids is 2. The highest BCUT2D eigenvalue weighted by Crippen LogP contribution is 2.22. The Morgan fingerprint density at radius 1 is 1.00 bits per heavy atom. The molecular formula is C17H21N5O2. The summed E-state index contributed by atoms with van der Waals surface area (Å²) in [6.07, 6.45) is 5.15. The second-order valence-electron chi connectivity index (χ2n) is 5.90. The fourth-order valence-corrected chi connectivity index (χ4v) is 2.98. The van der Waals surface area contributed by atoms with Crippen molar-refractivity contribution in [2.45, 2.75) is 19.9 Å². The van der Waals surface area contributed by atoms with Gasteiger partial charge in [0, 0.05) is 57.3 Å². The Morgan fingerprint density at radius 3 is 2.25 bits per heavy atom. The lowest BCUT2D eigenvalue weighted by atomic mass is 10.1. The van der Waals surface area contributed by atoms with Crippen LogP contribution in [0.25, 0.3) is 11.3 Å². The first-order chi connectivity index (χ1) is 11.6. The molecule has 0 spiro atoms. The Kier molecular flexibility index (Phi) is 4.59. The quantitative estimate of drug-likeness (QED) is 0.849. The van der Waals surface area contributed by atoms with Gasteiger partial charge in [0.1, 0.15) is 6.04 Å². The molecule has 1 unspecified atom stereocenters. The lowest BCUT2D eigenvalue weighted by molar-refractivity contribution is -0.140. The molecule has 1 fully saturated rings.